The maximum Gasteiger partial charge on any atom is 0.252 e. The summed E-state index contributed by atoms with van der Waals surface area (Å²) >= 11 is 3.37. The van der Waals surface area contributed by atoms with Crippen LogP contribution in [-0.4, -0.2) is 24.4 Å². The molecule has 4 nitrogen and oxygen atoms in total. The predicted octanol–water partition coefficient (Wildman–Crippen LogP) is 2.01. The van der Waals surface area contributed by atoms with E-state index in [4.69, 9.17) is 0 Å². The third-order valence-corrected chi connectivity index (χ3v) is 3.35. The number of amides is 2. The molecule has 0 aliphatic heterocycles. The van der Waals surface area contributed by atoms with Crippen molar-refractivity contribution >= 4 is 27.7 Å². The zero-order valence-corrected chi connectivity index (χ0v) is 12.3. The molecule has 0 saturated heterocycles. The van der Waals surface area contributed by atoms with Crippen LogP contribution in [0.4, 0.5) is 0 Å². The number of carbonyl (C=O) groups is 2. The summed E-state index contributed by atoms with van der Waals surface area (Å²) in [6, 6.07) is 5.50. The number of nitrogens with one attached hydrogen (secondary N) is 2. The molecule has 0 aliphatic carbocycles. The van der Waals surface area contributed by atoms with E-state index in [1.54, 1.807) is 6.07 Å². The van der Waals surface area contributed by atoms with E-state index in [1.807, 2.05) is 32.9 Å². The molecule has 98 valence electrons. The lowest BCUT2D eigenvalue weighted by Crippen LogP contribution is -2.39. The van der Waals surface area contributed by atoms with Gasteiger partial charge in [0.15, 0.2) is 0 Å². The van der Waals surface area contributed by atoms with Gasteiger partial charge in [-0.25, -0.2) is 0 Å². The van der Waals surface area contributed by atoms with Crippen LogP contribution in [0.25, 0.3) is 0 Å². The van der Waals surface area contributed by atoms with Gasteiger partial charge in [-0.05, 0) is 48.3 Å². The van der Waals surface area contributed by atoms with Crippen molar-refractivity contribution in [3.63, 3.8) is 0 Å². The van der Waals surface area contributed by atoms with Gasteiger partial charge in [-0.2, -0.15) is 0 Å². The van der Waals surface area contributed by atoms with Gasteiger partial charge in [0.05, 0.1) is 12.1 Å². The van der Waals surface area contributed by atoms with Gasteiger partial charge in [-0.15, -0.1) is 0 Å². The minimum absolute atomic E-state index is 0.0165. The van der Waals surface area contributed by atoms with Crippen molar-refractivity contribution < 1.29 is 9.59 Å². The highest BCUT2D eigenvalue weighted by molar-refractivity contribution is 9.10. The van der Waals surface area contributed by atoms with Gasteiger partial charge in [-0.1, -0.05) is 12.1 Å². The Bertz CT molecular complexity index is 458. The van der Waals surface area contributed by atoms with E-state index in [-0.39, 0.29) is 24.4 Å². The molecule has 0 atom stereocenters. The quantitative estimate of drug-likeness (QED) is 0.893. The lowest BCUT2D eigenvalue weighted by Gasteiger charge is -2.10. The first-order chi connectivity index (χ1) is 8.41. The van der Waals surface area contributed by atoms with Crippen LogP contribution >= 0.6 is 15.9 Å². The third kappa shape index (κ3) is 4.14. The maximum atomic E-state index is 11.9. The fraction of sp³-hybridized carbons (Fsp3) is 0.385. The van der Waals surface area contributed by atoms with E-state index < -0.39 is 0 Å². The molecular formula is C13H17BrN2O2. The van der Waals surface area contributed by atoms with Gasteiger partial charge in [0.2, 0.25) is 5.91 Å². The number of benzene rings is 1. The van der Waals surface area contributed by atoms with E-state index in [9.17, 15) is 9.59 Å². The summed E-state index contributed by atoms with van der Waals surface area (Å²) < 4.78 is 0.756. The molecule has 0 aliphatic rings. The van der Waals surface area contributed by atoms with Crippen LogP contribution in [0.1, 0.15) is 29.8 Å². The minimum atomic E-state index is -0.260. The molecule has 0 fully saturated rings. The van der Waals surface area contributed by atoms with E-state index in [0.29, 0.717) is 5.56 Å². The Morgan fingerprint density at radius 1 is 1.33 bits per heavy atom. The second-order valence-electron chi connectivity index (χ2n) is 4.34. The summed E-state index contributed by atoms with van der Waals surface area (Å²) in [5.74, 6) is -0.452. The largest absolute Gasteiger partial charge is 0.352 e. The summed E-state index contributed by atoms with van der Waals surface area (Å²) in [5.41, 5.74) is 1.52. The fourth-order valence-corrected chi connectivity index (χ4v) is 1.90. The van der Waals surface area contributed by atoms with Crippen LogP contribution in [0.15, 0.2) is 22.7 Å². The molecule has 1 aromatic carbocycles. The highest BCUT2D eigenvalue weighted by Crippen LogP contribution is 2.20. The summed E-state index contributed by atoms with van der Waals surface area (Å²) in [4.78, 5) is 23.3. The normalized spacial score (nSPS) is 10.3. The molecule has 0 spiro atoms. The lowest BCUT2D eigenvalue weighted by molar-refractivity contribution is -0.120. The van der Waals surface area contributed by atoms with Crippen LogP contribution in [0.2, 0.25) is 0 Å². The first kappa shape index (κ1) is 14.7. The molecule has 2 amide bonds. The monoisotopic (exact) mass is 312 g/mol. The molecule has 1 aromatic rings. The molecule has 0 saturated carbocycles. The van der Waals surface area contributed by atoms with E-state index in [2.05, 4.69) is 26.6 Å². The predicted molar refractivity (Wildman–Crippen MR) is 74.5 cm³/mol. The molecule has 18 heavy (non-hydrogen) atoms. The van der Waals surface area contributed by atoms with Crippen molar-refractivity contribution in [1.29, 1.82) is 0 Å². The first-order valence-electron chi connectivity index (χ1n) is 5.74. The van der Waals surface area contributed by atoms with Gasteiger partial charge in [0, 0.05) is 10.5 Å². The second kappa shape index (κ2) is 6.54. The zero-order valence-electron chi connectivity index (χ0n) is 10.7. The second-order valence-corrected chi connectivity index (χ2v) is 5.13. The summed E-state index contributed by atoms with van der Waals surface area (Å²) in [6.07, 6.45) is 0. The molecule has 2 N–H and O–H groups in total. The molecule has 0 bridgehead atoms. The zero-order chi connectivity index (χ0) is 13.7. The third-order valence-electron chi connectivity index (χ3n) is 2.30. The Morgan fingerprint density at radius 2 is 2.00 bits per heavy atom. The number of hydrogen-bond donors (Lipinski definition) is 2. The van der Waals surface area contributed by atoms with Gasteiger partial charge < -0.3 is 10.6 Å². The van der Waals surface area contributed by atoms with Gasteiger partial charge in [-0.3, -0.25) is 9.59 Å². The summed E-state index contributed by atoms with van der Waals surface area (Å²) in [6.45, 7) is 5.64. The molecule has 5 heteroatoms. The van der Waals surface area contributed by atoms with Crippen molar-refractivity contribution in [2.45, 2.75) is 26.8 Å². The highest BCUT2D eigenvalue weighted by atomic mass is 79.9. The standard InChI is InChI=1S/C13H17BrN2O2/c1-8(2)16-11(17)7-15-13(18)10-6-4-5-9(3)12(10)14/h4-6,8H,7H2,1-3H3,(H,15,18)(H,16,17). The molecule has 0 unspecified atom stereocenters. The van der Waals surface area contributed by atoms with E-state index in [1.165, 1.54) is 0 Å². The Balaban J connectivity index is 2.61. The average Bonchev–Trinajstić information content (AvgIpc) is 2.29. The summed E-state index contributed by atoms with van der Waals surface area (Å²) in [5, 5.41) is 5.30. The Kier molecular flexibility index (Phi) is 5.34. The molecule has 0 aromatic heterocycles. The Labute approximate surface area is 115 Å². The highest BCUT2D eigenvalue weighted by Gasteiger charge is 2.12. The molecule has 0 heterocycles. The first-order valence-corrected chi connectivity index (χ1v) is 6.53. The minimum Gasteiger partial charge on any atom is -0.352 e. The maximum absolute atomic E-state index is 11.9. The topological polar surface area (TPSA) is 58.2 Å². The Hall–Kier alpha value is -1.36. The fourth-order valence-electron chi connectivity index (χ4n) is 1.45. The number of carbonyl (C=O) groups excluding carboxylic acids is 2. The number of hydrogen-bond acceptors (Lipinski definition) is 2. The molecule has 0 radical (unpaired) electrons. The van der Waals surface area contributed by atoms with Crippen LogP contribution in [0, 0.1) is 6.92 Å². The van der Waals surface area contributed by atoms with Crippen molar-refractivity contribution in [2.24, 2.45) is 0 Å². The van der Waals surface area contributed by atoms with Crippen LogP contribution in [0.5, 0.6) is 0 Å². The summed E-state index contributed by atoms with van der Waals surface area (Å²) in [7, 11) is 0. The van der Waals surface area contributed by atoms with Crippen molar-refractivity contribution in [1.82, 2.24) is 10.6 Å². The number of halogens is 1. The average molecular weight is 313 g/mol. The SMILES string of the molecule is Cc1cccc(C(=O)NCC(=O)NC(C)C)c1Br. The smallest absolute Gasteiger partial charge is 0.252 e. The van der Waals surface area contributed by atoms with Gasteiger partial charge in [0.1, 0.15) is 0 Å². The van der Waals surface area contributed by atoms with Crippen molar-refractivity contribution in [2.75, 3.05) is 6.54 Å². The van der Waals surface area contributed by atoms with Gasteiger partial charge >= 0.3 is 0 Å². The number of rotatable bonds is 4. The van der Waals surface area contributed by atoms with Crippen molar-refractivity contribution in [3.05, 3.63) is 33.8 Å². The molecular weight excluding hydrogens is 296 g/mol. The van der Waals surface area contributed by atoms with E-state index >= 15 is 0 Å². The van der Waals surface area contributed by atoms with Crippen LogP contribution < -0.4 is 10.6 Å². The van der Waals surface area contributed by atoms with Gasteiger partial charge in [0.25, 0.3) is 5.91 Å². The molecule has 1 rings (SSSR count). The van der Waals surface area contributed by atoms with Crippen LogP contribution in [0.3, 0.4) is 0 Å². The van der Waals surface area contributed by atoms with E-state index in [0.717, 1.165) is 10.0 Å². The van der Waals surface area contributed by atoms with Crippen LogP contribution in [-0.2, 0) is 4.79 Å². The number of aryl methyl sites for hydroxylation is 1. The lowest BCUT2D eigenvalue weighted by atomic mass is 10.1. The van der Waals surface area contributed by atoms with Crippen molar-refractivity contribution in [3.8, 4) is 0 Å². The Morgan fingerprint density at radius 3 is 2.61 bits per heavy atom.